The Bertz CT molecular complexity index is 991. The van der Waals surface area contributed by atoms with Crippen LogP contribution in [0.5, 0.6) is 5.75 Å². The maximum absolute atomic E-state index is 12.9. The summed E-state index contributed by atoms with van der Waals surface area (Å²) in [5.41, 5.74) is 0.658. The molecule has 0 aliphatic carbocycles. The second-order valence-electron chi connectivity index (χ2n) is 7.74. The number of amides is 2. The molecule has 4 rings (SSSR count). The van der Waals surface area contributed by atoms with Crippen LogP contribution in [0.1, 0.15) is 24.5 Å². The average molecular weight is 437 g/mol. The smallest absolute Gasteiger partial charge is 0.392 e. The number of aromatic nitrogens is 3. The molecular weight excluding hydrogens is 415 g/mol. The molecule has 31 heavy (non-hydrogen) atoms. The van der Waals surface area contributed by atoms with Crippen molar-refractivity contribution in [3.63, 3.8) is 0 Å². The van der Waals surface area contributed by atoms with Crippen molar-refractivity contribution in [1.82, 2.24) is 20.1 Å². The van der Waals surface area contributed by atoms with Gasteiger partial charge < -0.3 is 19.5 Å². The number of halogens is 3. The van der Waals surface area contributed by atoms with Crippen LogP contribution in [0.4, 0.5) is 18.9 Å². The third-order valence-electron chi connectivity index (χ3n) is 5.78. The van der Waals surface area contributed by atoms with E-state index in [1.165, 1.54) is 7.11 Å². The Morgan fingerprint density at radius 1 is 1.29 bits per heavy atom. The lowest BCUT2D eigenvalue weighted by molar-refractivity contribution is -0.179. The van der Waals surface area contributed by atoms with Crippen LogP contribution in [-0.4, -0.2) is 46.4 Å². The van der Waals surface area contributed by atoms with E-state index in [2.05, 4.69) is 15.5 Å². The van der Waals surface area contributed by atoms with Gasteiger partial charge in [0.05, 0.1) is 25.5 Å². The first-order valence-corrected chi connectivity index (χ1v) is 9.96. The molecule has 0 saturated carbocycles. The Hall–Kier alpha value is -3.11. The minimum atomic E-state index is -4.25. The van der Waals surface area contributed by atoms with Crippen LogP contribution in [-0.2, 0) is 29.1 Å². The topological polar surface area (TPSA) is 89.3 Å². The third kappa shape index (κ3) is 4.35. The largest absolute Gasteiger partial charge is 0.497 e. The quantitative estimate of drug-likeness (QED) is 0.774. The van der Waals surface area contributed by atoms with E-state index in [1.54, 1.807) is 33.7 Å². The highest BCUT2D eigenvalue weighted by atomic mass is 19.4. The van der Waals surface area contributed by atoms with E-state index in [0.717, 1.165) is 0 Å². The summed E-state index contributed by atoms with van der Waals surface area (Å²) in [6, 6.07) is 7.04. The lowest BCUT2D eigenvalue weighted by Gasteiger charge is -2.25. The number of anilines is 1. The Morgan fingerprint density at radius 3 is 2.84 bits per heavy atom. The number of alkyl halides is 3. The van der Waals surface area contributed by atoms with E-state index in [4.69, 9.17) is 4.74 Å². The fourth-order valence-corrected chi connectivity index (χ4v) is 4.02. The van der Waals surface area contributed by atoms with Crippen LogP contribution in [0.3, 0.4) is 0 Å². The summed E-state index contributed by atoms with van der Waals surface area (Å²) in [4.78, 5) is 26.6. The van der Waals surface area contributed by atoms with Crippen molar-refractivity contribution in [3.8, 4) is 5.75 Å². The molecule has 2 aromatic rings. The number of rotatable bonds is 5. The third-order valence-corrected chi connectivity index (χ3v) is 5.78. The number of hydrogen-bond acceptors (Lipinski definition) is 5. The Labute approximate surface area is 176 Å². The van der Waals surface area contributed by atoms with Crippen LogP contribution in [0.15, 0.2) is 24.3 Å². The molecule has 1 saturated heterocycles. The summed E-state index contributed by atoms with van der Waals surface area (Å²) in [6.45, 7) is 0.443. The summed E-state index contributed by atoms with van der Waals surface area (Å²) in [5, 5.41) is 10.6. The molecule has 166 valence electrons. The van der Waals surface area contributed by atoms with Gasteiger partial charge in [-0.1, -0.05) is 6.07 Å². The molecule has 11 heteroatoms. The number of carbonyl (C=O) groups is 2. The lowest BCUT2D eigenvalue weighted by atomic mass is 9.97. The average Bonchev–Trinajstić information content (AvgIpc) is 3.34. The van der Waals surface area contributed by atoms with Gasteiger partial charge in [0.25, 0.3) is 0 Å². The highest BCUT2D eigenvalue weighted by Gasteiger charge is 2.42. The van der Waals surface area contributed by atoms with Crippen molar-refractivity contribution in [2.24, 2.45) is 11.8 Å². The summed E-state index contributed by atoms with van der Waals surface area (Å²) in [7, 11) is 1.54. The molecule has 1 fully saturated rings. The van der Waals surface area contributed by atoms with Crippen molar-refractivity contribution in [3.05, 3.63) is 35.9 Å². The molecule has 1 N–H and O–H groups in total. The van der Waals surface area contributed by atoms with Gasteiger partial charge in [0, 0.05) is 37.7 Å². The van der Waals surface area contributed by atoms with E-state index in [0.29, 0.717) is 17.3 Å². The van der Waals surface area contributed by atoms with Crippen molar-refractivity contribution >= 4 is 17.5 Å². The zero-order chi connectivity index (χ0) is 22.2. The molecule has 1 aromatic carbocycles. The summed E-state index contributed by atoms with van der Waals surface area (Å²) in [6.07, 6.45) is -4.43. The van der Waals surface area contributed by atoms with Crippen molar-refractivity contribution < 1.29 is 27.5 Å². The molecule has 2 aliphatic heterocycles. The molecule has 1 aromatic heterocycles. The van der Waals surface area contributed by atoms with E-state index in [1.807, 2.05) is 0 Å². The van der Waals surface area contributed by atoms with Crippen LogP contribution in [0.2, 0.25) is 0 Å². The van der Waals surface area contributed by atoms with Crippen molar-refractivity contribution in [1.29, 1.82) is 0 Å². The molecule has 2 atom stereocenters. The minimum Gasteiger partial charge on any atom is -0.497 e. The molecule has 2 aliphatic rings. The van der Waals surface area contributed by atoms with Gasteiger partial charge in [-0.25, -0.2) is 0 Å². The number of hydrogen-bond donors (Lipinski definition) is 1. The van der Waals surface area contributed by atoms with E-state index < -0.39 is 18.0 Å². The zero-order valence-electron chi connectivity index (χ0n) is 16.9. The Morgan fingerprint density at radius 2 is 2.10 bits per heavy atom. The Kier molecular flexibility index (Phi) is 5.59. The number of fused-ring (bicyclic) bond motifs is 1. The first-order valence-electron chi connectivity index (χ1n) is 9.96. The molecule has 0 radical (unpaired) electrons. The number of nitrogens with one attached hydrogen (secondary N) is 1. The second-order valence-corrected chi connectivity index (χ2v) is 7.74. The number of benzene rings is 1. The first-order chi connectivity index (χ1) is 14.8. The highest BCUT2D eigenvalue weighted by Crippen LogP contribution is 2.34. The number of nitrogens with zero attached hydrogens (tertiary/aromatic N) is 4. The van der Waals surface area contributed by atoms with Crippen LogP contribution < -0.4 is 15.0 Å². The Balaban J connectivity index is 1.36. The fraction of sp³-hybridized carbons (Fsp3) is 0.500. The van der Waals surface area contributed by atoms with Crippen molar-refractivity contribution in [2.75, 3.05) is 18.6 Å². The number of methoxy groups -OCH3 is 1. The minimum absolute atomic E-state index is 0.0396. The molecule has 2 amide bonds. The van der Waals surface area contributed by atoms with Gasteiger partial charge in [-0.3, -0.25) is 9.59 Å². The normalized spacial score (nSPS) is 21.2. The lowest BCUT2D eigenvalue weighted by Crippen LogP contribution is -2.34. The van der Waals surface area contributed by atoms with E-state index >= 15 is 0 Å². The SMILES string of the molecule is COc1cccc(N2C[C@H](C(=O)NCc3nnc4n3CC[C@@H](C(F)(F)F)C4)CC2=O)c1. The summed E-state index contributed by atoms with van der Waals surface area (Å²) in [5.74, 6) is -1.11. The maximum atomic E-state index is 12.9. The molecular formula is C20H22F3N5O3. The predicted molar refractivity (Wildman–Crippen MR) is 103 cm³/mol. The van der Waals surface area contributed by atoms with Gasteiger partial charge in [0.1, 0.15) is 11.6 Å². The number of carbonyl (C=O) groups excluding carboxylic acids is 2. The molecule has 0 unspecified atom stereocenters. The molecule has 3 heterocycles. The van der Waals surface area contributed by atoms with Gasteiger partial charge in [-0.15, -0.1) is 10.2 Å². The molecule has 0 bridgehead atoms. The zero-order valence-corrected chi connectivity index (χ0v) is 16.9. The van der Waals surface area contributed by atoms with Gasteiger partial charge >= 0.3 is 6.18 Å². The predicted octanol–water partition coefficient (Wildman–Crippen LogP) is 2.08. The summed E-state index contributed by atoms with van der Waals surface area (Å²) < 4.78 is 45.6. The van der Waals surface area contributed by atoms with E-state index in [9.17, 15) is 22.8 Å². The van der Waals surface area contributed by atoms with Gasteiger partial charge in [0.15, 0.2) is 5.82 Å². The van der Waals surface area contributed by atoms with Gasteiger partial charge in [-0.05, 0) is 18.6 Å². The van der Waals surface area contributed by atoms with Gasteiger partial charge in [0.2, 0.25) is 11.8 Å². The second kappa shape index (κ2) is 8.20. The monoisotopic (exact) mass is 437 g/mol. The summed E-state index contributed by atoms with van der Waals surface area (Å²) >= 11 is 0. The molecule has 8 nitrogen and oxygen atoms in total. The maximum Gasteiger partial charge on any atom is 0.392 e. The van der Waals surface area contributed by atoms with E-state index in [-0.39, 0.29) is 56.5 Å². The number of ether oxygens (including phenoxy) is 1. The first kappa shape index (κ1) is 21.1. The fourth-order valence-electron chi connectivity index (χ4n) is 4.02. The standard InChI is InChI=1S/C20H22F3N5O3/c1-31-15-4-2-3-14(9-15)28-11-12(7-18(28)29)19(30)24-10-17-26-25-16-8-13(20(21,22)23)5-6-27(16)17/h2-4,9,12-13H,5-8,10-11H2,1H3,(H,24,30)/t12-,13-/m1/s1. The highest BCUT2D eigenvalue weighted by molar-refractivity contribution is 6.00. The van der Waals surface area contributed by atoms with Crippen LogP contribution in [0.25, 0.3) is 0 Å². The van der Waals surface area contributed by atoms with Crippen molar-refractivity contribution in [2.45, 2.75) is 38.5 Å². The van der Waals surface area contributed by atoms with Crippen LogP contribution >= 0.6 is 0 Å². The molecule has 0 spiro atoms. The van der Waals surface area contributed by atoms with Crippen LogP contribution in [0, 0.1) is 11.8 Å². The van der Waals surface area contributed by atoms with Gasteiger partial charge in [-0.2, -0.15) is 13.2 Å².